The Morgan fingerprint density at radius 1 is 1.43 bits per heavy atom. The predicted molar refractivity (Wildman–Crippen MR) is 83.5 cm³/mol. The number of carboxylic acids is 1. The van der Waals surface area contributed by atoms with Crippen molar-refractivity contribution in [2.24, 2.45) is 5.41 Å². The number of hydrogen-bond acceptors (Lipinski definition) is 2. The summed E-state index contributed by atoms with van der Waals surface area (Å²) >= 11 is 0. The van der Waals surface area contributed by atoms with Crippen LogP contribution >= 0.6 is 0 Å². The van der Waals surface area contributed by atoms with E-state index in [1.165, 1.54) is 12.1 Å². The molecular weight excluding hydrogens is 299 g/mol. The minimum atomic E-state index is -0.878. The lowest BCUT2D eigenvalue weighted by Crippen LogP contribution is -2.48. The number of carboxylic acid groups (broad SMARTS) is 1. The second-order valence-corrected chi connectivity index (χ2v) is 6.47. The van der Waals surface area contributed by atoms with E-state index in [0.717, 1.165) is 10.9 Å². The van der Waals surface area contributed by atoms with Crippen LogP contribution in [0.4, 0.5) is 4.39 Å². The van der Waals surface area contributed by atoms with E-state index in [1.807, 2.05) is 0 Å². The lowest BCUT2D eigenvalue weighted by atomic mass is 9.82. The fourth-order valence-electron chi connectivity index (χ4n) is 3.21. The number of nitrogens with zero attached hydrogens (tertiary/aromatic N) is 1. The smallest absolute Gasteiger partial charge is 0.311 e. The molecule has 0 bridgehead atoms. The SMILES string of the molecule is CC1(C(=O)O)CCCN(C(=O)Cc2c[nH]c3cc(F)ccc23)C1. The van der Waals surface area contributed by atoms with Crippen LogP contribution in [0.2, 0.25) is 0 Å². The Balaban J connectivity index is 1.77. The Morgan fingerprint density at radius 3 is 2.96 bits per heavy atom. The number of halogens is 1. The van der Waals surface area contributed by atoms with Crippen LogP contribution in [0.15, 0.2) is 24.4 Å². The molecule has 0 spiro atoms. The summed E-state index contributed by atoms with van der Waals surface area (Å²) in [5, 5.41) is 10.2. The monoisotopic (exact) mass is 318 g/mol. The number of amides is 1. The number of hydrogen-bond donors (Lipinski definition) is 2. The van der Waals surface area contributed by atoms with Gasteiger partial charge in [0.1, 0.15) is 5.82 Å². The summed E-state index contributed by atoms with van der Waals surface area (Å²) in [4.78, 5) is 28.5. The first-order valence-electron chi connectivity index (χ1n) is 7.66. The first-order valence-corrected chi connectivity index (χ1v) is 7.66. The van der Waals surface area contributed by atoms with Gasteiger partial charge in [0.05, 0.1) is 11.8 Å². The standard InChI is InChI=1S/C17H19FN2O3/c1-17(16(22)23)5-2-6-20(10-17)15(21)7-11-9-19-14-8-12(18)3-4-13(11)14/h3-4,8-9,19H,2,5-7,10H2,1H3,(H,22,23). The zero-order chi connectivity index (χ0) is 16.6. The highest BCUT2D eigenvalue weighted by atomic mass is 19.1. The van der Waals surface area contributed by atoms with Crippen molar-refractivity contribution in [2.45, 2.75) is 26.2 Å². The number of nitrogens with one attached hydrogen (secondary N) is 1. The Labute approximate surface area is 133 Å². The van der Waals surface area contributed by atoms with E-state index in [0.29, 0.717) is 24.9 Å². The van der Waals surface area contributed by atoms with E-state index in [4.69, 9.17) is 0 Å². The predicted octanol–water partition coefficient (Wildman–Crippen LogP) is 2.56. The maximum Gasteiger partial charge on any atom is 0.311 e. The normalized spacial score (nSPS) is 21.6. The molecule has 3 rings (SSSR count). The Morgan fingerprint density at radius 2 is 2.22 bits per heavy atom. The first-order chi connectivity index (χ1) is 10.9. The van der Waals surface area contributed by atoms with Crippen molar-refractivity contribution in [1.82, 2.24) is 9.88 Å². The third-order valence-corrected chi connectivity index (χ3v) is 4.64. The third-order valence-electron chi connectivity index (χ3n) is 4.64. The second-order valence-electron chi connectivity index (χ2n) is 6.47. The van der Waals surface area contributed by atoms with E-state index in [-0.39, 0.29) is 24.7 Å². The molecule has 1 unspecified atom stereocenters. The molecule has 0 saturated carbocycles. The topological polar surface area (TPSA) is 73.4 Å². The summed E-state index contributed by atoms with van der Waals surface area (Å²) in [7, 11) is 0. The van der Waals surface area contributed by atoms with Crippen molar-refractivity contribution in [3.05, 3.63) is 35.8 Å². The summed E-state index contributed by atoms with van der Waals surface area (Å²) in [6.07, 6.45) is 3.16. The highest BCUT2D eigenvalue weighted by Gasteiger charge is 2.39. The average molecular weight is 318 g/mol. The van der Waals surface area contributed by atoms with E-state index in [2.05, 4.69) is 4.98 Å². The number of aliphatic carboxylic acids is 1. The van der Waals surface area contributed by atoms with Gasteiger partial charge in [-0.1, -0.05) is 0 Å². The van der Waals surface area contributed by atoms with Crippen LogP contribution in [-0.4, -0.2) is 40.0 Å². The van der Waals surface area contributed by atoms with Gasteiger partial charge in [-0.3, -0.25) is 9.59 Å². The summed E-state index contributed by atoms with van der Waals surface area (Å²) in [6, 6.07) is 4.42. The molecule has 1 amide bonds. The Bertz CT molecular complexity index is 770. The van der Waals surface area contributed by atoms with Crippen LogP contribution in [0.5, 0.6) is 0 Å². The molecule has 2 aromatic rings. The fourth-order valence-corrected chi connectivity index (χ4v) is 3.21. The third kappa shape index (κ3) is 2.93. The molecule has 1 aliphatic rings. The van der Waals surface area contributed by atoms with Crippen LogP contribution in [0.25, 0.3) is 10.9 Å². The molecular formula is C17H19FN2O3. The highest BCUT2D eigenvalue weighted by Crippen LogP contribution is 2.30. The maximum absolute atomic E-state index is 13.2. The molecule has 5 nitrogen and oxygen atoms in total. The van der Waals surface area contributed by atoms with Gasteiger partial charge < -0.3 is 15.0 Å². The van der Waals surface area contributed by atoms with Crippen molar-refractivity contribution in [2.75, 3.05) is 13.1 Å². The number of aromatic nitrogens is 1. The van der Waals surface area contributed by atoms with Crippen molar-refractivity contribution in [3.8, 4) is 0 Å². The molecule has 1 atom stereocenters. The minimum Gasteiger partial charge on any atom is -0.481 e. The molecule has 1 saturated heterocycles. The van der Waals surface area contributed by atoms with Crippen molar-refractivity contribution < 1.29 is 19.1 Å². The Hall–Kier alpha value is -2.37. The lowest BCUT2D eigenvalue weighted by Gasteiger charge is -2.37. The number of benzene rings is 1. The molecule has 0 radical (unpaired) electrons. The molecule has 1 aromatic heterocycles. The summed E-state index contributed by atoms with van der Waals surface area (Å²) in [5.74, 6) is -1.29. The lowest BCUT2D eigenvalue weighted by molar-refractivity contribution is -0.153. The number of fused-ring (bicyclic) bond motifs is 1. The van der Waals surface area contributed by atoms with Gasteiger partial charge in [0.2, 0.25) is 5.91 Å². The maximum atomic E-state index is 13.2. The van der Waals surface area contributed by atoms with Gasteiger partial charge in [0.25, 0.3) is 0 Å². The van der Waals surface area contributed by atoms with Crippen molar-refractivity contribution in [3.63, 3.8) is 0 Å². The molecule has 1 aliphatic heterocycles. The summed E-state index contributed by atoms with van der Waals surface area (Å²) < 4.78 is 13.2. The number of aromatic amines is 1. The van der Waals surface area contributed by atoms with Gasteiger partial charge in [-0.2, -0.15) is 0 Å². The molecule has 2 heterocycles. The van der Waals surface area contributed by atoms with Gasteiger partial charge in [-0.15, -0.1) is 0 Å². The van der Waals surface area contributed by atoms with Crippen LogP contribution in [0, 0.1) is 11.2 Å². The average Bonchev–Trinajstić information content (AvgIpc) is 2.89. The molecule has 6 heteroatoms. The number of carbonyl (C=O) groups is 2. The number of likely N-dealkylation sites (tertiary alicyclic amines) is 1. The zero-order valence-electron chi connectivity index (χ0n) is 12.9. The number of carbonyl (C=O) groups excluding carboxylic acids is 1. The molecule has 122 valence electrons. The van der Waals surface area contributed by atoms with Crippen molar-refractivity contribution >= 4 is 22.8 Å². The summed E-state index contributed by atoms with van der Waals surface area (Å²) in [5.41, 5.74) is 0.575. The van der Waals surface area contributed by atoms with Crippen LogP contribution < -0.4 is 0 Å². The van der Waals surface area contributed by atoms with E-state index >= 15 is 0 Å². The van der Waals surface area contributed by atoms with Gasteiger partial charge in [-0.25, -0.2) is 4.39 Å². The highest BCUT2D eigenvalue weighted by molar-refractivity contribution is 5.89. The molecule has 1 aromatic carbocycles. The number of piperidine rings is 1. The molecule has 23 heavy (non-hydrogen) atoms. The first kappa shape index (κ1) is 15.5. The second kappa shape index (κ2) is 5.68. The van der Waals surface area contributed by atoms with Crippen LogP contribution in [-0.2, 0) is 16.0 Å². The van der Waals surface area contributed by atoms with Crippen LogP contribution in [0.1, 0.15) is 25.3 Å². The number of rotatable bonds is 3. The van der Waals surface area contributed by atoms with Crippen molar-refractivity contribution in [1.29, 1.82) is 0 Å². The van der Waals surface area contributed by atoms with E-state index in [1.54, 1.807) is 24.1 Å². The van der Waals surface area contributed by atoms with Gasteiger partial charge in [-0.05, 0) is 43.5 Å². The molecule has 0 aliphatic carbocycles. The zero-order valence-corrected chi connectivity index (χ0v) is 12.9. The molecule has 2 N–H and O–H groups in total. The van der Waals surface area contributed by atoms with E-state index < -0.39 is 11.4 Å². The molecule has 1 fully saturated rings. The quantitative estimate of drug-likeness (QED) is 0.913. The largest absolute Gasteiger partial charge is 0.481 e. The van der Waals surface area contributed by atoms with Gasteiger partial charge >= 0.3 is 5.97 Å². The van der Waals surface area contributed by atoms with E-state index in [9.17, 15) is 19.1 Å². The fraction of sp³-hybridized carbons (Fsp3) is 0.412. The van der Waals surface area contributed by atoms with Gasteiger partial charge in [0.15, 0.2) is 0 Å². The summed E-state index contributed by atoms with van der Waals surface area (Å²) in [6.45, 7) is 2.50. The number of H-pyrrole nitrogens is 1. The Kier molecular flexibility index (Phi) is 3.83. The van der Waals surface area contributed by atoms with Gasteiger partial charge in [0, 0.05) is 30.2 Å². The van der Waals surface area contributed by atoms with Crippen LogP contribution in [0.3, 0.4) is 0 Å². The minimum absolute atomic E-state index is 0.0950.